The molecule has 0 unspecified atom stereocenters. The minimum Gasteiger partial charge on any atom is -0.310 e. The normalized spacial score (nSPS) is 9.62. The summed E-state index contributed by atoms with van der Waals surface area (Å²) in [6.45, 7) is 3.07. The van der Waals surface area contributed by atoms with Crippen molar-refractivity contribution in [3.63, 3.8) is 0 Å². The Labute approximate surface area is 77.4 Å². The van der Waals surface area contributed by atoms with Gasteiger partial charge in [0.05, 0.1) is 6.54 Å². The van der Waals surface area contributed by atoms with Gasteiger partial charge in [0.25, 0.3) is 0 Å². The molecule has 1 aromatic heterocycles. The van der Waals surface area contributed by atoms with Gasteiger partial charge in [-0.25, -0.2) is 4.98 Å². The van der Waals surface area contributed by atoms with Crippen LogP contribution in [0.4, 0.5) is 5.82 Å². The van der Waals surface area contributed by atoms with Crippen molar-refractivity contribution in [1.82, 2.24) is 10.3 Å². The van der Waals surface area contributed by atoms with Crippen molar-refractivity contribution in [2.45, 2.75) is 6.92 Å². The highest BCUT2D eigenvalue weighted by atomic mass is 16.1. The molecule has 0 aliphatic carbocycles. The second-order valence-corrected chi connectivity index (χ2v) is 2.54. The van der Waals surface area contributed by atoms with Gasteiger partial charge in [0.15, 0.2) is 0 Å². The van der Waals surface area contributed by atoms with Crippen molar-refractivity contribution in [3.8, 4) is 0 Å². The predicted molar refractivity (Wildman–Crippen MR) is 51.4 cm³/mol. The summed E-state index contributed by atoms with van der Waals surface area (Å²) in [5.74, 6) is 0.519. The average Bonchev–Trinajstić information content (AvgIpc) is 2.16. The molecule has 0 radical (unpaired) electrons. The van der Waals surface area contributed by atoms with Gasteiger partial charge in [0.2, 0.25) is 5.91 Å². The van der Waals surface area contributed by atoms with Gasteiger partial charge < -0.3 is 10.6 Å². The molecule has 0 saturated carbocycles. The molecule has 1 amide bonds. The second kappa shape index (κ2) is 5.27. The summed E-state index contributed by atoms with van der Waals surface area (Å²) in [5.41, 5.74) is 0. The van der Waals surface area contributed by atoms with Crippen molar-refractivity contribution in [1.29, 1.82) is 0 Å². The number of aromatic nitrogens is 1. The number of nitrogens with one attached hydrogen (secondary N) is 2. The quantitative estimate of drug-likeness (QED) is 0.712. The van der Waals surface area contributed by atoms with E-state index in [4.69, 9.17) is 0 Å². The molecule has 0 aromatic carbocycles. The first-order valence-electron chi connectivity index (χ1n) is 4.24. The van der Waals surface area contributed by atoms with Crippen LogP contribution in [0.25, 0.3) is 0 Å². The lowest BCUT2D eigenvalue weighted by Gasteiger charge is -2.03. The van der Waals surface area contributed by atoms with E-state index in [1.165, 1.54) is 0 Å². The molecule has 0 spiro atoms. The number of carbonyl (C=O) groups is 1. The summed E-state index contributed by atoms with van der Waals surface area (Å²) < 4.78 is 0. The lowest BCUT2D eigenvalue weighted by molar-refractivity contribution is -0.115. The fraction of sp³-hybridized carbons (Fsp3) is 0.333. The topological polar surface area (TPSA) is 54.0 Å². The first-order valence-corrected chi connectivity index (χ1v) is 4.24. The average molecular weight is 179 g/mol. The van der Waals surface area contributed by atoms with Gasteiger partial charge in [0.1, 0.15) is 5.82 Å². The zero-order valence-electron chi connectivity index (χ0n) is 7.58. The van der Waals surface area contributed by atoms with Crippen LogP contribution in [0, 0.1) is 0 Å². The summed E-state index contributed by atoms with van der Waals surface area (Å²) in [4.78, 5) is 15.1. The minimum absolute atomic E-state index is 0.0689. The van der Waals surface area contributed by atoms with Crippen LogP contribution in [0.3, 0.4) is 0 Å². The predicted octanol–water partition coefficient (Wildman–Crippen LogP) is 0.630. The van der Waals surface area contributed by atoms with E-state index >= 15 is 0 Å². The third-order valence-electron chi connectivity index (χ3n) is 1.47. The molecule has 4 heteroatoms. The van der Waals surface area contributed by atoms with Crippen LogP contribution in [0.1, 0.15) is 6.92 Å². The van der Waals surface area contributed by atoms with Crippen LogP contribution in [-0.2, 0) is 4.79 Å². The van der Waals surface area contributed by atoms with Gasteiger partial charge in [-0.1, -0.05) is 13.0 Å². The van der Waals surface area contributed by atoms with E-state index in [9.17, 15) is 4.79 Å². The molecule has 4 nitrogen and oxygen atoms in total. The molecule has 13 heavy (non-hydrogen) atoms. The van der Waals surface area contributed by atoms with E-state index in [0.717, 1.165) is 6.54 Å². The highest BCUT2D eigenvalue weighted by molar-refractivity contribution is 5.91. The van der Waals surface area contributed by atoms with Gasteiger partial charge in [-0.15, -0.1) is 0 Å². The molecule has 0 bridgehead atoms. The zero-order chi connectivity index (χ0) is 9.52. The van der Waals surface area contributed by atoms with E-state index in [1.807, 2.05) is 13.0 Å². The van der Waals surface area contributed by atoms with Crippen LogP contribution >= 0.6 is 0 Å². The van der Waals surface area contributed by atoms with Gasteiger partial charge in [-0.3, -0.25) is 4.79 Å². The summed E-state index contributed by atoms with van der Waals surface area (Å²) in [6.07, 6.45) is 1.64. The summed E-state index contributed by atoms with van der Waals surface area (Å²) in [6, 6.07) is 5.39. The summed E-state index contributed by atoms with van der Waals surface area (Å²) in [7, 11) is 0. The maximum Gasteiger partial charge on any atom is 0.239 e. The Morgan fingerprint density at radius 2 is 2.38 bits per heavy atom. The van der Waals surface area contributed by atoms with E-state index in [2.05, 4.69) is 15.6 Å². The largest absolute Gasteiger partial charge is 0.310 e. The van der Waals surface area contributed by atoms with Crippen molar-refractivity contribution in [2.24, 2.45) is 0 Å². The number of hydrogen-bond acceptors (Lipinski definition) is 3. The van der Waals surface area contributed by atoms with Crippen molar-refractivity contribution in [3.05, 3.63) is 24.4 Å². The highest BCUT2D eigenvalue weighted by Gasteiger charge is 1.99. The van der Waals surface area contributed by atoms with Crippen molar-refractivity contribution >= 4 is 11.7 Å². The molecular weight excluding hydrogens is 166 g/mol. The number of amides is 1. The molecule has 70 valence electrons. The fourth-order valence-electron chi connectivity index (χ4n) is 0.862. The van der Waals surface area contributed by atoms with E-state index in [1.54, 1.807) is 18.3 Å². The molecule has 1 aromatic rings. The molecular formula is C9H13N3O. The standard InChI is InChI=1S/C9H13N3O/c1-2-10-7-9(13)12-8-5-3-4-6-11-8/h3-6,10H,2,7H2,1H3,(H,11,12,13). The smallest absolute Gasteiger partial charge is 0.239 e. The van der Waals surface area contributed by atoms with Gasteiger partial charge in [-0.2, -0.15) is 0 Å². The number of hydrogen-bond donors (Lipinski definition) is 2. The lowest BCUT2D eigenvalue weighted by Crippen LogP contribution is -2.27. The maximum atomic E-state index is 11.2. The number of anilines is 1. The van der Waals surface area contributed by atoms with E-state index in [0.29, 0.717) is 12.4 Å². The molecule has 1 heterocycles. The second-order valence-electron chi connectivity index (χ2n) is 2.54. The Kier molecular flexibility index (Phi) is 3.92. The SMILES string of the molecule is CCNCC(=O)Nc1ccccn1. The Hall–Kier alpha value is -1.42. The Morgan fingerprint density at radius 1 is 1.54 bits per heavy atom. The molecule has 1 rings (SSSR count). The summed E-state index contributed by atoms with van der Waals surface area (Å²) >= 11 is 0. The zero-order valence-corrected chi connectivity index (χ0v) is 7.58. The molecule has 2 N–H and O–H groups in total. The van der Waals surface area contributed by atoms with Crippen LogP contribution in [0.15, 0.2) is 24.4 Å². The van der Waals surface area contributed by atoms with Gasteiger partial charge >= 0.3 is 0 Å². The maximum absolute atomic E-state index is 11.2. The number of pyridine rings is 1. The molecule has 0 aliphatic heterocycles. The van der Waals surface area contributed by atoms with Gasteiger partial charge in [0, 0.05) is 6.20 Å². The summed E-state index contributed by atoms with van der Waals surface area (Å²) in [5, 5.41) is 5.59. The van der Waals surface area contributed by atoms with Gasteiger partial charge in [-0.05, 0) is 18.7 Å². The third kappa shape index (κ3) is 3.66. The number of rotatable bonds is 4. The van der Waals surface area contributed by atoms with Crippen molar-refractivity contribution in [2.75, 3.05) is 18.4 Å². The molecule has 0 saturated heterocycles. The first-order chi connectivity index (χ1) is 6.33. The minimum atomic E-state index is -0.0689. The molecule has 0 aliphatic rings. The van der Waals surface area contributed by atoms with Crippen LogP contribution in [0.5, 0.6) is 0 Å². The fourth-order valence-corrected chi connectivity index (χ4v) is 0.862. The van der Waals surface area contributed by atoms with Crippen LogP contribution in [0.2, 0.25) is 0 Å². The number of likely N-dealkylation sites (N-methyl/N-ethyl adjacent to an activating group) is 1. The van der Waals surface area contributed by atoms with Crippen molar-refractivity contribution < 1.29 is 4.79 Å². The first kappa shape index (κ1) is 9.67. The molecule has 0 atom stereocenters. The molecule has 0 fully saturated rings. The van der Waals surface area contributed by atoms with Crippen LogP contribution in [-0.4, -0.2) is 24.0 Å². The third-order valence-corrected chi connectivity index (χ3v) is 1.47. The Balaban J connectivity index is 2.37. The Bertz CT molecular complexity index is 261. The highest BCUT2D eigenvalue weighted by Crippen LogP contribution is 1.98. The monoisotopic (exact) mass is 179 g/mol. The van der Waals surface area contributed by atoms with Crippen LogP contribution < -0.4 is 10.6 Å². The lowest BCUT2D eigenvalue weighted by atomic mass is 10.4. The van der Waals surface area contributed by atoms with E-state index in [-0.39, 0.29) is 5.91 Å². The number of nitrogens with zero attached hydrogens (tertiary/aromatic N) is 1. The van der Waals surface area contributed by atoms with E-state index < -0.39 is 0 Å². The Morgan fingerprint density at radius 3 is 3.00 bits per heavy atom. The number of carbonyl (C=O) groups excluding carboxylic acids is 1.